The number of benzene rings is 1. The van der Waals surface area contributed by atoms with Crippen molar-refractivity contribution in [2.45, 2.75) is 13.3 Å². The number of ether oxygens (including phenoxy) is 1. The van der Waals surface area contributed by atoms with Gasteiger partial charge in [0.2, 0.25) is 0 Å². The Balaban J connectivity index is 2.93. The molecular formula is C13H16BrNO4. The molecule has 5 nitrogen and oxygen atoms in total. The van der Waals surface area contributed by atoms with Crippen LogP contribution >= 0.6 is 15.9 Å². The summed E-state index contributed by atoms with van der Waals surface area (Å²) in [5.74, 6) is -0.550. The van der Waals surface area contributed by atoms with Crippen LogP contribution < -0.4 is 4.74 Å². The molecule has 0 heterocycles. The monoisotopic (exact) mass is 329 g/mol. The van der Waals surface area contributed by atoms with E-state index in [0.717, 1.165) is 0 Å². The van der Waals surface area contributed by atoms with Crippen molar-refractivity contribution in [3.05, 3.63) is 28.2 Å². The van der Waals surface area contributed by atoms with Crippen LogP contribution in [0.1, 0.15) is 23.7 Å². The van der Waals surface area contributed by atoms with Gasteiger partial charge in [0.05, 0.1) is 19.1 Å². The summed E-state index contributed by atoms with van der Waals surface area (Å²) in [7, 11) is 1.53. The fraction of sp³-hybridized carbons (Fsp3) is 0.385. The fourth-order valence-electron chi connectivity index (χ4n) is 1.60. The predicted octanol–water partition coefficient (Wildman–Crippen LogP) is 2.39. The molecule has 0 spiro atoms. The van der Waals surface area contributed by atoms with Gasteiger partial charge in [0.25, 0.3) is 5.91 Å². The van der Waals surface area contributed by atoms with E-state index in [1.165, 1.54) is 12.0 Å². The fourth-order valence-corrected chi connectivity index (χ4v) is 2.02. The molecular weight excluding hydrogens is 314 g/mol. The molecule has 0 bridgehead atoms. The molecule has 6 heteroatoms. The van der Waals surface area contributed by atoms with Crippen LogP contribution in [-0.4, -0.2) is 42.1 Å². The van der Waals surface area contributed by atoms with Crippen molar-refractivity contribution in [2.75, 3.05) is 20.2 Å². The highest BCUT2D eigenvalue weighted by molar-refractivity contribution is 9.10. The van der Waals surface area contributed by atoms with Gasteiger partial charge < -0.3 is 14.7 Å². The maximum absolute atomic E-state index is 12.3. The number of hydrogen-bond acceptors (Lipinski definition) is 3. The summed E-state index contributed by atoms with van der Waals surface area (Å²) in [4.78, 5) is 24.4. The van der Waals surface area contributed by atoms with Crippen molar-refractivity contribution in [1.82, 2.24) is 4.90 Å². The molecule has 19 heavy (non-hydrogen) atoms. The largest absolute Gasteiger partial charge is 0.497 e. The van der Waals surface area contributed by atoms with E-state index in [9.17, 15) is 9.59 Å². The number of carboxylic acids is 1. The van der Waals surface area contributed by atoms with Crippen molar-refractivity contribution < 1.29 is 19.4 Å². The summed E-state index contributed by atoms with van der Waals surface area (Å²) in [6.45, 7) is 2.46. The Kier molecular flexibility index (Phi) is 5.82. The van der Waals surface area contributed by atoms with E-state index in [1.807, 2.05) is 6.92 Å². The third kappa shape index (κ3) is 4.24. The van der Waals surface area contributed by atoms with Gasteiger partial charge in [0, 0.05) is 17.6 Å². The van der Waals surface area contributed by atoms with Crippen molar-refractivity contribution in [2.24, 2.45) is 0 Å². The zero-order valence-corrected chi connectivity index (χ0v) is 12.4. The molecule has 0 aliphatic rings. The maximum Gasteiger partial charge on any atom is 0.305 e. The number of carbonyl (C=O) groups is 2. The van der Waals surface area contributed by atoms with Crippen LogP contribution in [0.15, 0.2) is 22.7 Å². The number of nitrogens with zero attached hydrogens (tertiary/aromatic N) is 1. The van der Waals surface area contributed by atoms with Crippen LogP contribution in [-0.2, 0) is 4.79 Å². The number of carboxylic acid groups (broad SMARTS) is 1. The Labute approximate surface area is 120 Å². The lowest BCUT2D eigenvalue weighted by Crippen LogP contribution is -2.33. The average Bonchev–Trinajstić information content (AvgIpc) is 2.39. The average molecular weight is 330 g/mol. The zero-order valence-electron chi connectivity index (χ0n) is 10.9. The van der Waals surface area contributed by atoms with Gasteiger partial charge >= 0.3 is 5.97 Å². The lowest BCUT2D eigenvalue weighted by Gasteiger charge is -2.21. The molecule has 0 aliphatic heterocycles. The Morgan fingerprint density at radius 1 is 1.42 bits per heavy atom. The number of halogens is 1. The number of rotatable bonds is 6. The van der Waals surface area contributed by atoms with Gasteiger partial charge in [0.1, 0.15) is 5.75 Å². The van der Waals surface area contributed by atoms with E-state index in [0.29, 0.717) is 22.3 Å². The van der Waals surface area contributed by atoms with Gasteiger partial charge in [-0.25, -0.2) is 0 Å². The Bertz CT molecular complexity index is 476. The highest BCUT2D eigenvalue weighted by atomic mass is 79.9. The minimum Gasteiger partial charge on any atom is -0.497 e. The Hall–Kier alpha value is -1.56. The smallest absolute Gasteiger partial charge is 0.305 e. The summed E-state index contributed by atoms with van der Waals surface area (Å²) >= 11 is 3.32. The molecule has 0 aliphatic carbocycles. The second-order valence-electron chi connectivity index (χ2n) is 3.87. The first-order valence-electron chi connectivity index (χ1n) is 5.84. The summed E-state index contributed by atoms with van der Waals surface area (Å²) < 4.78 is 5.75. The van der Waals surface area contributed by atoms with Gasteiger partial charge in [-0.3, -0.25) is 9.59 Å². The maximum atomic E-state index is 12.3. The van der Waals surface area contributed by atoms with Crippen LogP contribution in [0.5, 0.6) is 5.75 Å². The molecule has 104 valence electrons. The number of amides is 1. The van der Waals surface area contributed by atoms with Crippen molar-refractivity contribution >= 4 is 27.8 Å². The SMILES string of the molecule is CCN(CCC(=O)O)C(=O)c1cc(OC)ccc1Br. The summed E-state index contributed by atoms with van der Waals surface area (Å²) in [6, 6.07) is 5.11. The summed E-state index contributed by atoms with van der Waals surface area (Å²) in [5, 5.41) is 8.68. The molecule has 0 saturated carbocycles. The van der Waals surface area contributed by atoms with E-state index < -0.39 is 5.97 Å². The van der Waals surface area contributed by atoms with E-state index in [4.69, 9.17) is 9.84 Å². The minimum atomic E-state index is -0.920. The third-order valence-corrected chi connectivity index (χ3v) is 3.36. The zero-order chi connectivity index (χ0) is 14.4. The highest BCUT2D eigenvalue weighted by Crippen LogP contribution is 2.23. The molecule has 0 radical (unpaired) electrons. The minimum absolute atomic E-state index is 0.0683. The van der Waals surface area contributed by atoms with Crippen LogP contribution in [0.4, 0.5) is 0 Å². The molecule has 0 atom stereocenters. The molecule has 1 rings (SSSR count). The molecule has 0 saturated heterocycles. The van der Waals surface area contributed by atoms with Gasteiger partial charge in [-0.05, 0) is 41.1 Å². The summed E-state index contributed by atoms with van der Waals surface area (Å²) in [6.07, 6.45) is -0.0683. The van der Waals surface area contributed by atoms with E-state index in [1.54, 1.807) is 18.2 Å². The van der Waals surface area contributed by atoms with Crippen molar-refractivity contribution in [3.8, 4) is 5.75 Å². The molecule has 1 N–H and O–H groups in total. The van der Waals surface area contributed by atoms with Gasteiger partial charge in [-0.1, -0.05) is 0 Å². The van der Waals surface area contributed by atoms with Gasteiger partial charge in [0.15, 0.2) is 0 Å². The number of methoxy groups -OCH3 is 1. The lowest BCUT2D eigenvalue weighted by atomic mass is 10.2. The van der Waals surface area contributed by atoms with E-state index in [-0.39, 0.29) is 18.9 Å². The Morgan fingerprint density at radius 3 is 2.63 bits per heavy atom. The quantitative estimate of drug-likeness (QED) is 0.870. The standard InChI is InChI=1S/C13H16BrNO4/c1-3-15(7-6-12(16)17)13(18)10-8-9(19-2)4-5-11(10)14/h4-5,8H,3,6-7H2,1-2H3,(H,16,17). The molecule has 1 amide bonds. The first-order valence-corrected chi connectivity index (χ1v) is 6.63. The number of hydrogen-bond donors (Lipinski definition) is 1. The molecule has 1 aromatic rings. The highest BCUT2D eigenvalue weighted by Gasteiger charge is 2.18. The predicted molar refractivity (Wildman–Crippen MR) is 74.5 cm³/mol. The second kappa shape index (κ2) is 7.13. The van der Waals surface area contributed by atoms with Crippen LogP contribution in [0.2, 0.25) is 0 Å². The number of carbonyl (C=O) groups excluding carboxylic acids is 1. The molecule has 0 fully saturated rings. The number of aliphatic carboxylic acids is 1. The van der Waals surface area contributed by atoms with Crippen molar-refractivity contribution in [3.63, 3.8) is 0 Å². The van der Waals surface area contributed by atoms with E-state index >= 15 is 0 Å². The first-order chi connectivity index (χ1) is 8.99. The molecule has 0 aromatic heterocycles. The van der Waals surface area contributed by atoms with Gasteiger partial charge in [-0.2, -0.15) is 0 Å². The second-order valence-corrected chi connectivity index (χ2v) is 4.73. The molecule has 0 unspecified atom stereocenters. The van der Waals surface area contributed by atoms with Crippen LogP contribution in [0.25, 0.3) is 0 Å². The first kappa shape index (κ1) is 15.5. The normalized spacial score (nSPS) is 10.1. The topological polar surface area (TPSA) is 66.8 Å². The lowest BCUT2D eigenvalue weighted by molar-refractivity contribution is -0.137. The molecule has 1 aromatic carbocycles. The van der Waals surface area contributed by atoms with Crippen LogP contribution in [0, 0.1) is 0 Å². The summed E-state index contributed by atoms with van der Waals surface area (Å²) in [5.41, 5.74) is 0.464. The van der Waals surface area contributed by atoms with Gasteiger partial charge in [-0.15, -0.1) is 0 Å². The van der Waals surface area contributed by atoms with Crippen LogP contribution in [0.3, 0.4) is 0 Å². The van der Waals surface area contributed by atoms with E-state index in [2.05, 4.69) is 15.9 Å². The Morgan fingerprint density at radius 2 is 2.11 bits per heavy atom. The van der Waals surface area contributed by atoms with Crippen molar-refractivity contribution in [1.29, 1.82) is 0 Å². The third-order valence-electron chi connectivity index (χ3n) is 2.67.